The number of ether oxygens (including phenoxy) is 2. The number of carbonyl (C=O) groups is 2. The normalized spacial score (nSPS) is 15.3. The Bertz CT molecular complexity index is 1430. The summed E-state index contributed by atoms with van der Waals surface area (Å²) in [6.45, 7) is 15.4. The molecule has 0 aromatic heterocycles. The van der Waals surface area contributed by atoms with Gasteiger partial charge in [0.25, 0.3) is 0 Å². The van der Waals surface area contributed by atoms with Gasteiger partial charge in [0.2, 0.25) is 5.91 Å². The van der Waals surface area contributed by atoms with E-state index in [9.17, 15) is 9.59 Å². The van der Waals surface area contributed by atoms with Gasteiger partial charge in [-0.15, -0.1) is 0 Å². The molecule has 2 heterocycles. The first-order valence-corrected chi connectivity index (χ1v) is 22.9. The van der Waals surface area contributed by atoms with Gasteiger partial charge in [-0.3, -0.25) is 14.6 Å². The number of aryl methyl sites for hydroxylation is 1. The molecule has 2 aromatic rings. The molecule has 0 saturated carbocycles. The van der Waals surface area contributed by atoms with Crippen LogP contribution in [0.2, 0.25) is 10.0 Å². The molecule has 0 spiro atoms. The number of fused-ring (bicyclic) bond motifs is 1. The molecule has 2 amide bonds. The lowest BCUT2D eigenvalue weighted by Crippen LogP contribution is -2.50. The third kappa shape index (κ3) is 14.9. The first kappa shape index (κ1) is 46.0. The van der Waals surface area contributed by atoms with E-state index >= 15 is 0 Å². The van der Waals surface area contributed by atoms with Crippen molar-refractivity contribution >= 4 is 46.6 Å². The van der Waals surface area contributed by atoms with Crippen molar-refractivity contribution < 1.29 is 19.1 Å². The number of amides is 2. The maximum absolute atomic E-state index is 13.9. The van der Waals surface area contributed by atoms with Crippen molar-refractivity contribution in [2.24, 2.45) is 5.92 Å². The predicted molar refractivity (Wildman–Crippen MR) is 235 cm³/mol. The van der Waals surface area contributed by atoms with Crippen LogP contribution in [0.4, 0.5) is 16.2 Å². The average Bonchev–Trinajstić information content (AvgIpc) is 3.19. The molecule has 0 aliphatic carbocycles. The Morgan fingerprint density at radius 1 is 0.750 bits per heavy atom. The Balaban J connectivity index is 1.30. The maximum Gasteiger partial charge on any atom is 0.411 e. The number of hydrogen-bond acceptors (Lipinski definition) is 6. The number of nitrogens with zero attached hydrogens (tertiary/aromatic N) is 4. The number of halogens is 2. The van der Waals surface area contributed by atoms with Crippen LogP contribution in [0.15, 0.2) is 36.4 Å². The summed E-state index contributed by atoms with van der Waals surface area (Å²) in [6, 6.07) is 11.9. The zero-order chi connectivity index (χ0) is 40.1. The molecule has 1 unspecified atom stereocenters. The zero-order valence-corrected chi connectivity index (χ0v) is 36.7. The van der Waals surface area contributed by atoms with Crippen LogP contribution in [0.25, 0.3) is 0 Å². The molecule has 2 aliphatic rings. The number of hydrogen-bond donors (Lipinski definition) is 0. The summed E-state index contributed by atoms with van der Waals surface area (Å²) in [5.41, 5.74) is 2.89. The lowest BCUT2D eigenvalue weighted by Gasteiger charge is -2.38. The van der Waals surface area contributed by atoms with Crippen molar-refractivity contribution in [3.8, 4) is 5.75 Å². The predicted octanol–water partition coefficient (Wildman–Crippen LogP) is 12.2. The summed E-state index contributed by atoms with van der Waals surface area (Å²) in [5.74, 6) is 0.648. The molecule has 1 atom stereocenters. The summed E-state index contributed by atoms with van der Waals surface area (Å²) in [4.78, 5) is 36.1. The molecule has 0 N–H and O–H groups in total. The van der Waals surface area contributed by atoms with Gasteiger partial charge in [0.05, 0.1) is 28.0 Å². The van der Waals surface area contributed by atoms with E-state index in [1.807, 2.05) is 49.1 Å². The second kappa shape index (κ2) is 25.6. The molecule has 4 rings (SSSR count). The molecule has 8 nitrogen and oxygen atoms in total. The number of anilines is 2. The van der Waals surface area contributed by atoms with Crippen LogP contribution >= 0.6 is 23.2 Å². The zero-order valence-electron chi connectivity index (χ0n) is 35.2. The monoisotopic (exact) mass is 814 g/mol. The summed E-state index contributed by atoms with van der Waals surface area (Å²) in [6.07, 6.45) is 18.8. The van der Waals surface area contributed by atoms with E-state index < -0.39 is 6.23 Å². The molecule has 2 aliphatic heterocycles. The highest BCUT2D eigenvalue weighted by Gasteiger charge is 2.36. The number of benzene rings is 2. The van der Waals surface area contributed by atoms with Crippen molar-refractivity contribution in [2.45, 2.75) is 149 Å². The van der Waals surface area contributed by atoms with Crippen LogP contribution in [0.1, 0.15) is 142 Å². The Hall–Kier alpha value is -2.68. The molecule has 1 fully saturated rings. The third-order valence-electron chi connectivity index (χ3n) is 11.3. The minimum atomic E-state index is -0.690. The average molecular weight is 816 g/mol. The van der Waals surface area contributed by atoms with Gasteiger partial charge in [-0.05, 0) is 62.4 Å². The SMILES string of the molecule is CCCCCCCCCN(CCCCCCCCC)C(=O)OC(C(C)C)N1C(=O)CCc2ccc(OCCCCN3CCN(c4cccc(Cl)c4Cl)CC3)cc21. The Morgan fingerprint density at radius 2 is 1.38 bits per heavy atom. The van der Waals surface area contributed by atoms with Gasteiger partial charge in [0.15, 0.2) is 6.23 Å². The molecule has 0 bridgehead atoms. The van der Waals surface area contributed by atoms with Crippen molar-refractivity contribution in [1.29, 1.82) is 0 Å². The number of carbonyl (C=O) groups excluding carboxylic acids is 2. The summed E-state index contributed by atoms with van der Waals surface area (Å²) in [5, 5.41) is 1.23. The second-order valence-electron chi connectivity index (χ2n) is 16.3. The van der Waals surface area contributed by atoms with Crippen LogP contribution in [0, 0.1) is 5.92 Å². The molecule has 56 heavy (non-hydrogen) atoms. The van der Waals surface area contributed by atoms with E-state index in [1.165, 1.54) is 64.2 Å². The molecular weight excluding hydrogens is 743 g/mol. The van der Waals surface area contributed by atoms with Crippen LogP contribution in [-0.2, 0) is 16.0 Å². The van der Waals surface area contributed by atoms with Crippen molar-refractivity contribution in [2.75, 3.05) is 62.2 Å². The van der Waals surface area contributed by atoms with Crippen molar-refractivity contribution in [3.05, 3.63) is 52.0 Å². The molecule has 2 aromatic carbocycles. The van der Waals surface area contributed by atoms with Gasteiger partial charge in [-0.1, -0.05) is 140 Å². The Morgan fingerprint density at radius 3 is 2.00 bits per heavy atom. The van der Waals surface area contributed by atoms with Crippen molar-refractivity contribution in [3.63, 3.8) is 0 Å². The second-order valence-corrected chi connectivity index (χ2v) is 17.0. The van der Waals surface area contributed by atoms with Gasteiger partial charge in [0, 0.05) is 57.7 Å². The Labute approximate surface area is 349 Å². The van der Waals surface area contributed by atoms with E-state index in [1.54, 1.807) is 4.90 Å². The smallest absolute Gasteiger partial charge is 0.411 e. The fraction of sp³-hybridized carbons (Fsp3) is 0.696. The van der Waals surface area contributed by atoms with E-state index in [4.69, 9.17) is 32.7 Å². The van der Waals surface area contributed by atoms with Gasteiger partial charge < -0.3 is 19.3 Å². The summed E-state index contributed by atoms with van der Waals surface area (Å²) in [7, 11) is 0. The first-order chi connectivity index (χ1) is 27.2. The number of unbranched alkanes of at least 4 members (excludes halogenated alkanes) is 13. The molecule has 314 valence electrons. The maximum atomic E-state index is 13.9. The summed E-state index contributed by atoms with van der Waals surface area (Å²) >= 11 is 12.7. The lowest BCUT2D eigenvalue weighted by atomic mass is 9.98. The van der Waals surface area contributed by atoms with Crippen molar-refractivity contribution in [1.82, 2.24) is 9.80 Å². The number of piperazine rings is 1. The van der Waals surface area contributed by atoms with Crippen LogP contribution in [0.5, 0.6) is 5.75 Å². The van der Waals surface area contributed by atoms with Gasteiger partial charge in [0.1, 0.15) is 5.75 Å². The van der Waals surface area contributed by atoms with Gasteiger partial charge >= 0.3 is 6.09 Å². The third-order valence-corrected chi connectivity index (χ3v) is 12.2. The highest BCUT2D eigenvalue weighted by atomic mass is 35.5. The lowest BCUT2D eigenvalue weighted by molar-refractivity contribution is -0.121. The molecular formula is C46H72Cl2N4O4. The van der Waals surface area contributed by atoms with Gasteiger partial charge in [-0.25, -0.2) is 4.79 Å². The highest BCUT2D eigenvalue weighted by molar-refractivity contribution is 6.43. The highest BCUT2D eigenvalue weighted by Crippen LogP contribution is 2.36. The molecule has 0 radical (unpaired) electrons. The molecule has 10 heteroatoms. The van der Waals surface area contributed by atoms with Crippen LogP contribution in [-0.4, -0.2) is 80.4 Å². The minimum Gasteiger partial charge on any atom is -0.494 e. The Kier molecular flexibility index (Phi) is 21.1. The van der Waals surface area contributed by atoms with E-state index in [-0.39, 0.29) is 17.9 Å². The van der Waals surface area contributed by atoms with E-state index in [0.717, 1.165) is 93.9 Å². The van der Waals surface area contributed by atoms with Crippen LogP contribution in [0.3, 0.4) is 0 Å². The largest absolute Gasteiger partial charge is 0.494 e. The van der Waals surface area contributed by atoms with E-state index in [2.05, 4.69) is 29.7 Å². The number of rotatable bonds is 26. The topological polar surface area (TPSA) is 65.6 Å². The fourth-order valence-corrected chi connectivity index (χ4v) is 8.31. The first-order valence-electron chi connectivity index (χ1n) is 22.2. The minimum absolute atomic E-state index is 0.00964. The fourth-order valence-electron chi connectivity index (χ4n) is 7.90. The standard InChI is InChI=1S/C46H72Cl2N4O4/c1-5-7-9-11-13-15-17-29-51(30-18-16-14-12-10-8-6-2)46(54)56-45(37(3)4)52-42-36-39(26-24-38(42)25-27-43(52)53)55-35-20-19-28-49-31-33-50(34-32-49)41-23-21-22-40(47)44(41)48/h21-24,26,36-37,45H,5-20,25,27-35H2,1-4H3. The summed E-state index contributed by atoms with van der Waals surface area (Å²) < 4.78 is 12.6. The van der Waals surface area contributed by atoms with E-state index in [0.29, 0.717) is 42.6 Å². The van der Waals surface area contributed by atoms with Crippen LogP contribution < -0.4 is 14.5 Å². The quantitative estimate of drug-likeness (QED) is 0.0881. The van der Waals surface area contributed by atoms with Gasteiger partial charge in [-0.2, -0.15) is 0 Å². The molecule has 1 saturated heterocycles.